The van der Waals surface area contributed by atoms with Gasteiger partial charge in [-0.3, -0.25) is 4.79 Å². The molecule has 0 spiro atoms. The van der Waals surface area contributed by atoms with Gasteiger partial charge in [0.25, 0.3) is 5.91 Å². The summed E-state index contributed by atoms with van der Waals surface area (Å²) in [6, 6.07) is 10.2. The maximum Gasteiger partial charge on any atom is 0.338 e. The van der Waals surface area contributed by atoms with Crippen molar-refractivity contribution in [3.63, 3.8) is 0 Å². The fourth-order valence-electron chi connectivity index (χ4n) is 2.33. The van der Waals surface area contributed by atoms with Gasteiger partial charge < -0.3 is 24.3 Å². The lowest BCUT2D eigenvalue weighted by molar-refractivity contribution is -0.124. The fraction of sp³-hybridized carbons (Fsp3) is 0.222. The van der Waals surface area contributed by atoms with E-state index in [0.717, 1.165) is 5.56 Å². The van der Waals surface area contributed by atoms with Gasteiger partial charge in [0.2, 0.25) is 6.79 Å². The molecule has 1 aliphatic heterocycles. The van der Waals surface area contributed by atoms with Gasteiger partial charge in [-0.25, -0.2) is 4.79 Å². The topological polar surface area (TPSA) is 83.1 Å². The highest BCUT2D eigenvalue weighted by Crippen LogP contribution is 2.39. The normalized spacial score (nSPS) is 11.8. The number of halogens is 1. The molecule has 0 saturated heterocycles. The van der Waals surface area contributed by atoms with Gasteiger partial charge in [0, 0.05) is 6.54 Å². The summed E-state index contributed by atoms with van der Waals surface area (Å²) in [5, 5.41) is 2.91. The van der Waals surface area contributed by atoms with E-state index in [4.69, 9.17) is 30.5 Å². The molecule has 7 nitrogen and oxygen atoms in total. The Kier molecular flexibility index (Phi) is 5.48. The Morgan fingerprint density at radius 2 is 2.08 bits per heavy atom. The molecule has 8 heteroatoms. The van der Waals surface area contributed by atoms with Crippen molar-refractivity contribution in [2.75, 3.05) is 20.5 Å². The number of carbonyl (C=O) groups excluding carboxylic acids is 2. The predicted octanol–water partition coefficient (Wildman–Crippen LogP) is 2.55. The minimum absolute atomic E-state index is 0.0419. The van der Waals surface area contributed by atoms with Gasteiger partial charge in [-0.1, -0.05) is 23.7 Å². The number of hydrogen-bond donors (Lipinski definition) is 1. The summed E-state index contributed by atoms with van der Waals surface area (Å²) in [5.74, 6) is 0.351. The minimum atomic E-state index is -0.679. The number of amides is 1. The highest BCUT2D eigenvalue weighted by atomic mass is 35.5. The van der Waals surface area contributed by atoms with Gasteiger partial charge >= 0.3 is 5.97 Å². The van der Waals surface area contributed by atoms with Crippen LogP contribution in [0.15, 0.2) is 36.4 Å². The second-order valence-electron chi connectivity index (χ2n) is 5.40. The van der Waals surface area contributed by atoms with Gasteiger partial charge in [-0.05, 0) is 29.8 Å². The molecule has 0 atom stereocenters. The van der Waals surface area contributed by atoms with E-state index in [1.807, 2.05) is 18.2 Å². The lowest BCUT2D eigenvalue weighted by Gasteiger charge is -2.08. The van der Waals surface area contributed by atoms with Gasteiger partial charge in [0.15, 0.2) is 18.1 Å². The van der Waals surface area contributed by atoms with E-state index in [1.165, 1.54) is 12.1 Å². The van der Waals surface area contributed by atoms with Gasteiger partial charge in [-0.15, -0.1) is 0 Å². The van der Waals surface area contributed by atoms with Crippen LogP contribution in [0.5, 0.6) is 17.2 Å². The summed E-state index contributed by atoms with van der Waals surface area (Å²) in [4.78, 5) is 24.0. The van der Waals surface area contributed by atoms with Crippen LogP contribution in [0, 0.1) is 0 Å². The third-order valence-electron chi connectivity index (χ3n) is 3.62. The number of hydrogen-bond acceptors (Lipinski definition) is 6. The molecule has 0 fully saturated rings. The van der Waals surface area contributed by atoms with Crippen molar-refractivity contribution in [1.29, 1.82) is 0 Å². The van der Waals surface area contributed by atoms with Gasteiger partial charge in [-0.2, -0.15) is 0 Å². The van der Waals surface area contributed by atoms with E-state index < -0.39 is 18.5 Å². The zero-order chi connectivity index (χ0) is 18.5. The smallest absolute Gasteiger partial charge is 0.338 e. The number of esters is 1. The number of methoxy groups -OCH3 is 1. The van der Waals surface area contributed by atoms with E-state index in [2.05, 4.69) is 5.32 Å². The van der Waals surface area contributed by atoms with Crippen molar-refractivity contribution in [2.45, 2.75) is 6.54 Å². The maximum absolute atomic E-state index is 12.1. The Morgan fingerprint density at radius 3 is 2.88 bits per heavy atom. The van der Waals surface area contributed by atoms with E-state index in [-0.39, 0.29) is 17.4 Å². The highest BCUT2D eigenvalue weighted by Gasteiger charge is 2.21. The first kappa shape index (κ1) is 17.9. The third-order valence-corrected chi connectivity index (χ3v) is 3.90. The van der Waals surface area contributed by atoms with Crippen molar-refractivity contribution < 1.29 is 28.5 Å². The van der Waals surface area contributed by atoms with Gasteiger partial charge in [0.1, 0.15) is 5.75 Å². The van der Waals surface area contributed by atoms with Crippen LogP contribution < -0.4 is 19.5 Å². The quantitative estimate of drug-likeness (QED) is 0.779. The lowest BCUT2D eigenvalue weighted by atomic mass is 10.2. The zero-order valence-electron chi connectivity index (χ0n) is 13.9. The van der Waals surface area contributed by atoms with Crippen LogP contribution >= 0.6 is 11.6 Å². The molecule has 26 heavy (non-hydrogen) atoms. The van der Waals surface area contributed by atoms with Crippen LogP contribution in [0.4, 0.5) is 0 Å². The van der Waals surface area contributed by atoms with E-state index in [0.29, 0.717) is 23.8 Å². The van der Waals surface area contributed by atoms with Crippen molar-refractivity contribution in [2.24, 2.45) is 0 Å². The Labute approximate surface area is 154 Å². The number of nitrogens with one attached hydrogen (secondary N) is 1. The second kappa shape index (κ2) is 7.97. The van der Waals surface area contributed by atoms with Crippen LogP contribution in [-0.4, -0.2) is 32.4 Å². The molecule has 1 amide bonds. The predicted molar refractivity (Wildman–Crippen MR) is 92.7 cm³/mol. The first-order valence-electron chi connectivity index (χ1n) is 7.72. The monoisotopic (exact) mass is 377 g/mol. The summed E-state index contributed by atoms with van der Waals surface area (Å²) < 4.78 is 20.5. The largest absolute Gasteiger partial charge is 0.497 e. The molecule has 2 aromatic rings. The van der Waals surface area contributed by atoms with E-state index >= 15 is 0 Å². The summed E-state index contributed by atoms with van der Waals surface area (Å²) in [6.07, 6.45) is 0. The van der Waals surface area contributed by atoms with Crippen LogP contribution in [0.3, 0.4) is 0 Å². The lowest BCUT2D eigenvalue weighted by Crippen LogP contribution is -2.28. The summed E-state index contributed by atoms with van der Waals surface area (Å²) in [7, 11) is 1.57. The Morgan fingerprint density at radius 1 is 1.23 bits per heavy atom. The van der Waals surface area contributed by atoms with Crippen LogP contribution in [0.1, 0.15) is 15.9 Å². The van der Waals surface area contributed by atoms with Crippen LogP contribution in [0.25, 0.3) is 0 Å². The molecule has 1 N–H and O–H groups in total. The average molecular weight is 378 g/mol. The standard InChI is InChI=1S/C18H16ClNO6/c1-23-13-4-2-3-11(5-13)8-20-16(21)9-24-18(22)12-6-14(19)17-15(7-12)25-10-26-17/h2-7H,8-10H2,1H3,(H,20,21). The minimum Gasteiger partial charge on any atom is -0.497 e. The van der Waals surface area contributed by atoms with E-state index in [9.17, 15) is 9.59 Å². The molecule has 0 saturated carbocycles. The number of rotatable bonds is 6. The maximum atomic E-state index is 12.1. The molecule has 0 radical (unpaired) electrons. The molecule has 0 bridgehead atoms. The number of fused-ring (bicyclic) bond motifs is 1. The van der Waals surface area contributed by atoms with Crippen molar-refractivity contribution in [3.05, 3.63) is 52.5 Å². The molecular formula is C18H16ClNO6. The summed E-state index contributed by atoms with van der Waals surface area (Å²) in [6.45, 7) is -0.0709. The summed E-state index contributed by atoms with van der Waals surface area (Å²) in [5.41, 5.74) is 1.05. The van der Waals surface area contributed by atoms with Gasteiger partial charge in [0.05, 0.1) is 17.7 Å². The number of ether oxygens (including phenoxy) is 4. The zero-order valence-corrected chi connectivity index (χ0v) is 14.7. The van der Waals surface area contributed by atoms with Crippen molar-refractivity contribution in [3.8, 4) is 17.2 Å². The number of benzene rings is 2. The number of carbonyl (C=O) groups is 2. The Balaban J connectivity index is 1.51. The molecule has 0 unspecified atom stereocenters. The summed E-state index contributed by atoms with van der Waals surface area (Å²) >= 11 is 6.02. The van der Waals surface area contributed by atoms with E-state index in [1.54, 1.807) is 13.2 Å². The molecule has 0 aliphatic carbocycles. The molecular weight excluding hydrogens is 362 g/mol. The Bertz CT molecular complexity index is 838. The molecule has 1 aliphatic rings. The van der Waals surface area contributed by atoms with Crippen LogP contribution in [-0.2, 0) is 16.1 Å². The molecule has 0 aromatic heterocycles. The first-order chi connectivity index (χ1) is 12.6. The fourth-order valence-corrected chi connectivity index (χ4v) is 2.60. The molecule has 2 aromatic carbocycles. The van der Waals surface area contributed by atoms with Crippen molar-refractivity contribution in [1.82, 2.24) is 5.32 Å². The molecule has 1 heterocycles. The third kappa shape index (κ3) is 4.18. The molecule has 136 valence electrons. The Hall–Kier alpha value is -2.93. The van der Waals surface area contributed by atoms with Crippen molar-refractivity contribution >= 4 is 23.5 Å². The highest BCUT2D eigenvalue weighted by molar-refractivity contribution is 6.32. The average Bonchev–Trinajstić information content (AvgIpc) is 3.14. The molecule has 3 rings (SSSR count). The van der Waals surface area contributed by atoms with Crippen LogP contribution in [0.2, 0.25) is 5.02 Å². The first-order valence-corrected chi connectivity index (χ1v) is 8.10. The SMILES string of the molecule is COc1cccc(CNC(=O)COC(=O)c2cc(Cl)c3c(c2)OCO3)c1. The second-order valence-corrected chi connectivity index (χ2v) is 5.80.